The Bertz CT molecular complexity index is 633. The van der Waals surface area contributed by atoms with E-state index in [1.807, 2.05) is 6.07 Å². The summed E-state index contributed by atoms with van der Waals surface area (Å²) in [5.74, 6) is -3.50. The van der Waals surface area contributed by atoms with Crippen LogP contribution in [0, 0.1) is 0 Å². The van der Waals surface area contributed by atoms with E-state index in [9.17, 15) is 4.79 Å². The number of aliphatic carboxylic acids is 2. The second-order valence-corrected chi connectivity index (χ2v) is 7.55. The number of aryl methyl sites for hydroxylation is 1. The van der Waals surface area contributed by atoms with E-state index in [0.29, 0.717) is 12.6 Å². The predicted octanol–water partition coefficient (Wildman–Crippen LogP) is 1.31. The number of hydrogen-bond donors (Lipinski definition) is 3. The van der Waals surface area contributed by atoms with Gasteiger partial charge in [0, 0.05) is 12.1 Å². The van der Waals surface area contributed by atoms with Crippen molar-refractivity contribution in [3.8, 4) is 0 Å². The molecule has 1 aromatic rings. The fraction of sp³-hybridized carbons (Fsp3) is 0.571. The van der Waals surface area contributed by atoms with Gasteiger partial charge in [-0.05, 0) is 65.4 Å². The molecule has 1 unspecified atom stereocenters. The maximum Gasteiger partial charge on any atom is 0.414 e. The largest absolute Gasteiger partial charge is 0.473 e. The van der Waals surface area contributed by atoms with Gasteiger partial charge in [0.15, 0.2) is 0 Å². The molecular formula is C21H33N3O5. The average Bonchev–Trinajstić information content (AvgIpc) is 2.68. The summed E-state index contributed by atoms with van der Waals surface area (Å²) in [7, 11) is 4.24. The zero-order chi connectivity index (χ0) is 21.8. The quantitative estimate of drug-likeness (QED) is 0.585. The summed E-state index contributed by atoms with van der Waals surface area (Å²) in [5.41, 5.74) is 1.33. The minimum Gasteiger partial charge on any atom is -0.473 e. The van der Waals surface area contributed by atoms with Gasteiger partial charge in [0.05, 0.1) is 6.54 Å². The van der Waals surface area contributed by atoms with Crippen LogP contribution in [0.4, 0.5) is 0 Å². The van der Waals surface area contributed by atoms with Gasteiger partial charge >= 0.3 is 11.9 Å². The number of carbonyl (C=O) groups is 3. The van der Waals surface area contributed by atoms with Crippen molar-refractivity contribution in [1.82, 2.24) is 15.1 Å². The number of amides is 1. The van der Waals surface area contributed by atoms with E-state index in [4.69, 9.17) is 19.8 Å². The zero-order valence-corrected chi connectivity index (χ0v) is 17.5. The first-order chi connectivity index (χ1) is 13.7. The molecule has 3 N–H and O–H groups in total. The number of likely N-dealkylation sites (N-methyl/N-ethyl adjacent to an activating group) is 1. The molecule has 1 atom stereocenters. The molecule has 1 aromatic carbocycles. The van der Waals surface area contributed by atoms with Crippen LogP contribution in [-0.4, -0.2) is 83.7 Å². The Labute approximate surface area is 172 Å². The van der Waals surface area contributed by atoms with E-state index in [1.54, 1.807) is 0 Å². The molecule has 1 heterocycles. The van der Waals surface area contributed by atoms with Crippen LogP contribution in [0.5, 0.6) is 0 Å². The minimum atomic E-state index is -1.82. The van der Waals surface area contributed by atoms with Crippen molar-refractivity contribution in [2.45, 2.75) is 44.7 Å². The molecular weight excluding hydrogens is 374 g/mol. The lowest BCUT2D eigenvalue weighted by Crippen LogP contribution is -2.47. The van der Waals surface area contributed by atoms with Crippen LogP contribution < -0.4 is 5.32 Å². The molecule has 0 radical (unpaired) electrons. The first kappa shape index (κ1) is 24.6. The summed E-state index contributed by atoms with van der Waals surface area (Å²) in [5, 5.41) is 17.9. The Hall–Kier alpha value is -2.45. The summed E-state index contributed by atoms with van der Waals surface area (Å²) in [6, 6.07) is 11.2. The van der Waals surface area contributed by atoms with Crippen LogP contribution in [0.2, 0.25) is 0 Å². The van der Waals surface area contributed by atoms with E-state index in [2.05, 4.69) is 60.4 Å². The lowest BCUT2D eigenvalue weighted by Gasteiger charge is -2.34. The van der Waals surface area contributed by atoms with Gasteiger partial charge in [-0.3, -0.25) is 9.69 Å². The monoisotopic (exact) mass is 407 g/mol. The number of nitrogens with zero attached hydrogens (tertiary/aromatic N) is 2. The highest BCUT2D eigenvalue weighted by Gasteiger charge is 2.22. The van der Waals surface area contributed by atoms with Crippen LogP contribution in [0.1, 0.15) is 31.7 Å². The van der Waals surface area contributed by atoms with Gasteiger partial charge in [-0.15, -0.1) is 0 Å². The average molecular weight is 408 g/mol. The highest BCUT2D eigenvalue weighted by Crippen LogP contribution is 2.13. The van der Waals surface area contributed by atoms with Crippen molar-refractivity contribution in [1.29, 1.82) is 0 Å². The highest BCUT2D eigenvalue weighted by molar-refractivity contribution is 6.27. The first-order valence-corrected chi connectivity index (χ1v) is 9.87. The molecule has 8 nitrogen and oxygen atoms in total. The number of carboxylic acid groups (broad SMARTS) is 2. The van der Waals surface area contributed by atoms with Crippen molar-refractivity contribution in [3.63, 3.8) is 0 Å². The molecule has 1 amide bonds. The molecule has 2 rings (SSSR count). The number of benzene rings is 1. The molecule has 0 spiro atoms. The van der Waals surface area contributed by atoms with Gasteiger partial charge < -0.3 is 20.4 Å². The Morgan fingerprint density at radius 2 is 1.69 bits per heavy atom. The lowest BCUT2D eigenvalue weighted by molar-refractivity contribution is -0.159. The summed E-state index contributed by atoms with van der Waals surface area (Å²) in [6.45, 7) is 4.86. The third-order valence-electron chi connectivity index (χ3n) is 5.00. The summed E-state index contributed by atoms with van der Waals surface area (Å²) < 4.78 is 0. The molecule has 0 saturated carbocycles. The van der Waals surface area contributed by atoms with Crippen molar-refractivity contribution < 1.29 is 24.6 Å². The number of likely N-dealkylation sites (tertiary alicyclic amines) is 1. The van der Waals surface area contributed by atoms with Gasteiger partial charge in [-0.2, -0.15) is 0 Å². The molecule has 1 aliphatic rings. The molecule has 1 aliphatic heterocycles. The maximum absolute atomic E-state index is 12.2. The van der Waals surface area contributed by atoms with Gasteiger partial charge in [-0.1, -0.05) is 30.3 Å². The standard InChI is InChI=1S/C19H31N3O.C2H2O4/c1-16(9-10-17-7-5-4-6-8-17)20-19(23)15-22(3)18-11-13-21(2)14-12-18;3-1(4)2(5)6/h4-8,16,18H,9-15H2,1-3H3,(H,20,23);(H,3,4)(H,5,6). The third-order valence-corrected chi connectivity index (χ3v) is 5.00. The fourth-order valence-electron chi connectivity index (χ4n) is 3.21. The number of carboxylic acids is 2. The SMILES string of the molecule is CC(CCc1ccccc1)NC(=O)CN(C)C1CCN(C)CC1.O=C(O)C(=O)O. The Morgan fingerprint density at radius 3 is 2.21 bits per heavy atom. The molecule has 0 bridgehead atoms. The topological polar surface area (TPSA) is 110 Å². The highest BCUT2D eigenvalue weighted by atomic mass is 16.4. The van der Waals surface area contributed by atoms with Crippen LogP contribution in [-0.2, 0) is 20.8 Å². The minimum absolute atomic E-state index is 0.145. The zero-order valence-electron chi connectivity index (χ0n) is 17.5. The molecule has 0 aliphatic carbocycles. The molecule has 162 valence electrons. The van der Waals surface area contributed by atoms with Crippen molar-refractivity contribution in [3.05, 3.63) is 35.9 Å². The van der Waals surface area contributed by atoms with E-state index in [-0.39, 0.29) is 11.9 Å². The van der Waals surface area contributed by atoms with Gasteiger partial charge in [0.1, 0.15) is 0 Å². The Balaban J connectivity index is 0.000000612. The van der Waals surface area contributed by atoms with E-state index < -0.39 is 11.9 Å². The molecule has 0 aromatic heterocycles. The first-order valence-electron chi connectivity index (χ1n) is 9.87. The molecule has 8 heteroatoms. The number of rotatable bonds is 7. The van der Waals surface area contributed by atoms with E-state index in [0.717, 1.165) is 38.8 Å². The second kappa shape index (κ2) is 12.9. The molecule has 1 saturated heterocycles. The van der Waals surface area contributed by atoms with Crippen LogP contribution in [0.15, 0.2) is 30.3 Å². The molecule has 1 fully saturated rings. The van der Waals surface area contributed by atoms with E-state index in [1.165, 1.54) is 5.56 Å². The van der Waals surface area contributed by atoms with Crippen LogP contribution in [0.3, 0.4) is 0 Å². The van der Waals surface area contributed by atoms with Crippen molar-refractivity contribution in [2.75, 3.05) is 33.7 Å². The normalized spacial score (nSPS) is 15.9. The molecule has 29 heavy (non-hydrogen) atoms. The van der Waals surface area contributed by atoms with E-state index >= 15 is 0 Å². The van der Waals surface area contributed by atoms with Crippen molar-refractivity contribution in [2.24, 2.45) is 0 Å². The Kier molecular flexibility index (Phi) is 10.9. The van der Waals surface area contributed by atoms with Gasteiger partial charge in [0.2, 0.25) is 5.91 Å². The third kappa shape index (κ3) is 10.6. The Morgan fingerprint density at radius 1 is 1.14 bits per heavy atom. The number of carbonyl (C=O) groups excluding carboxylic acids is 1. The lowest BCUT2D eigenvalue weighted by atomic mass is 10.0. The maximum atomic E-state index is 12.2. The fourth-order valence-corrected chi connectivity index (χ4v) is 3.21. The van der Waals surface area contributed by atoms with Crippen LogP contribution in [0.25, 0.3) is 0 Å². The predicted molar refractivity (Wildman–Crippen MR) is 111 cm³/mol. The number of piperidine rings is 1. The summed E-state index contributed by atoms with van der Waals surface area (Å²) >= 11 is 0. The smallest absolute Gasteiger partial charge is 0.414 e. The van der Waals surface area contributed by atoms with Gasteiger partial charge in [-0.25, -0.2) is 9.59 Å². The van der Waals surface area contributed by atoms with Crippen LogP contribution >= 0.6 is 0 Å². The van der Waals surface area contributed by atoms with Gasteiger partial charge in [0.25, 0.3) is 0 Å². The number of hydrogen-bond acceptors (Lipinski definition) is 5. The summed E-state index contributed by atoms with van der Waals surface area (Å²) in [4.78, 5) is 35.0. The summed E-state index contributed by atoms with van der Waals surface area (Å²) in [6.07, 6.45) is 4.30. The van der Waals surface area contributed by atoms with Crippen molar-refractivity contribution >= 4 is 17.8 Å². The number of nitrogens with one attached hydrogen (secondary N) is 1. The second-order valence-electron chi connectivity index (χ2n) is 7.55.